The van der Waals surface area contributed by atoms with Crippen LogP contribution in [0.4, 0.5) is 0 Å². The largest absolute Gasteiger partial charge is 0.333 e. The maximum absolute atomic E-state index is 10.4. The van der Waals surface area contributed by atoms with Gasteiger partial charge in [0.1, 0.15) is 0 Å². The molecule has 0 aliphatic heterocycles. The molecule has 0 saturated heterocycles. The van der Waals surface area contributed by atoms with E-state index in [0.29, 0.717) is 21.9 Å². The average Bonchev–Trinajstić information content (AvgIpc) is 2.66. The fourth-order valence-corrected chi connectivity index (χ4v) is 1.54. The van der Waals surface area contributed by atoms with Crippen molar-refractivity contribution < 1.29 is 9.32 Å². The number of nitrogens with zero attached hydrogens (tertiary/aromatic N) is 2. The van der Waals surface area contributed by atoms with Gasteiger partial charge < -0.3 is 4.52 Å². The lowest BCUT2D eigenvalue weighted by atomic mass is 10.2. The summed E-state index contributed by atoms with van der Waals surface area (Å²) in [5.74, 6) is 0.176. The first kappa shape index (κ1) is 10.1. The monoisotopic (exact) mass is 242 g/mol. The Hall–Kier alpha value is -1.39. The van der Waals surface area contributed by atoms with E-state index in [0.717, 1.165) is 0 Å². The predicted octanol–water partition coefficient (Wildman–Crippen LogP) is 2.86. The van der Waals surface area contributed by atoms with E-state index < -0.39 is 0 Å². The molecule has 4 nitrogen and oxygen atoms in total. The summed E-state index contributed by atoms with van der Waals surface area (Å²) in [6.07, 6.45) is 0.497. The van der Waals surface area contributed by atoms with Crippen LogP contribution in [0.25, 0.3) is 11.5 Å². The average molecular weight is 243 g/mol. The lowest BCUT2D eigenvalue weighted by Crippen LogP contribution is -1.83. The second kappa shape index (κ2) is 4.00. The highest BCUT2D eigenvalue weighted by molar-refractivity contribution is 6.36. The SMILES string of the molecule is O=Cc1noc(-c2ccc(Cl)cc2Cl)n1. The number of aromatic nitrogens is 2. The summed E-state index contributed by atoms with van der Waals surface area (Å²) in [7, 11) is 0. The van der Waals surface area contributed by atoms with Gasteiger partial charge in [-0.15, -0.1) is 0 Å². The second-order valence-corrected chi connectivity index (χ2v) is 3.54. The third-order valence-corrected chi connectivity index (χ3v) is 2.26. The summed E-state index contributed by atoms with van der Waals surface area (Å²) in [6, 6.07) is 4.85. The van der Waals surface area contributed by atoms with Crippen molar-refractivity contribution in [2.45, 2.75) is 0 Å². The van der Waals surface area contributed by atoms with Crippen molar-refractivity contribution in [1.82, 2.24) is 10.1 Å². The zero-order valence-electron chi connectivity index (χ0n) is 7.28. The number of benzene rings is 1. The molecule has 0 bridgehead atoms. The number of carbonyl (C=O) groups excluding carboxylic acids is 1. The van der Waals surface area contributed by atoms with Crippen LogP contribution in [0, 0.1) is 0 Å². The van der Waals surface area contributed by atoms with E-state index in [1.807, 2.05) is 0 Å². The van der Waals surface area contributed by atoms with Crippen LogP contribution >= 0.6 is 23.2 Å². The third-order valence-electron chi connectivity index (χ3n) is 1.71. The topological polar surface area (TPSA) is 56.0 Å². The molecule has 0 radical (unpaired) electrons. The van der Waals surface area contributed by atoms with Crippen LogP contribution in [0.3, 0.4) is 0 Å². The molecule has 0 aliphatic carbocycles. The van der Waals surface area contributed by atoms with Crippen LogP contribution in [0.5, 0.6) is 0 Å². The molecule has 0 aliphatic rings. The van der Waals surface area contributed by atoms with Crippen LogP contribution in [-0.2, 0) is 0 Å². The van der Waals surface area contributed by atoms with Crippen molar-refractivity contribution in [2.75, 3.05) is 0 Å². The molecule has 15 heavy (non-hydrogen) atoms. The van der Waals surface area contributed by atoms with Gasteiger partial charge in [0.15, 0.2) is 6.29 Å². The van der Waals surface area contributed by atoms with Gasteiger partial charge in [-0.1, -0.05) is 28.4 Å². The molecule has 0 fully saturated rings. The number of aldehydes is 1. The van der Waals surface area contributed by atoms with Crippen LogP contribution < -0.4 is 0 Å². The fourth-order valence-electron chi connectivity index (χ4n) is 1.06. The van der Waals surface area contributed by atoms with Crippen molar-refractivity contribution in [1.29, 1.82) is 0 Å². The highest BCUT2D eigenvalue weighted by Crippen LogP contribution is 2.28. The number of rotatable bonds is 2. The van der Waals surface area contributed by atoms with Crippen molar-refractivity contribution in [3.05, 3.63) is 34.1 Å². The minimum absolute atomic E-state index is 0.0176. The van der Waals surface area contributed by atoms with E-state index in [1.54, 1.807) is 18.2 Å². The summed E-state index contributed by atoms with van der Waals surface area (Å²) in [5, 5.41) is 4.33. The Labute approximate surface area is 94.8 Å². The van der Waals surface area contributed by atoms with E-state index in [4.69, 9.17) is 27.7 Å². The van der Waals surface area contributed by atoms with Gasteiger partial charge in [-0.25, -0.2) is 0 Å². The fraction of sp³-hybridized carbons (Fsp3) is 0. The Balaban J connectivity index is 2.49. The molecule has 6 heteroatoms. The summed E-state index contributed by atoms with van der Waals surface area (Å²) >= 11 is 11.6. The zero-order chi connectivity index (χ0) is 10.8. The molecule has 1 aromatic carbocycles. The molecule has 0 spiro atoms. The first-order valence-corrected chi connectivity index (χ1v) is 4.70. The summed E-state index contributed by atoms with van der Waals surface area (Å²) in [5.41, 5.74) is 0.543. The standard InChI is InChI=1S/C9H4Cl2N2O2/c10-5-1-2-6(7(11)3-5)9-12-8(4-14)13-15-9/h1-4H. The Bertz CT molecular complexity index is 511. The molecular weight excluding hydrogens is 239 g/mol. The first-order valence-electron chi connectivity index (χ1n) is 3.95. The quantitative estimate of drug-likeness (QED) is 0.761. The van der Waals surface area contributed by atoms with Crippen molar-refractivity contribution >= 4 is 29.5 Å². The van der Waals surface area contributed by atoms with Gasteiger partial charge in [0.2, 0.25) is 5.82 Å². The molecule has 0 N–H and O–H groups in total. The molecule has 0 atom stereocenters. The van der Waals surface area contributed by atoms with Gasteiger partial charge in [0, 0.05) is 5.02 Å². The number of hydrogen-bond donors (Lipinski definition) is 0. The summed E-state index contributed by atoms with van der Waals surface area (Å²) in [6.45, 7) is 0. The van der Waals surface area contributed by atoms with Crippen LogP contribution in [0.15, 0.2) is 22.7 Å². The number of halogens is 2. The van der Waals surface area contributed by atoms with Gasteiger partial charge in [-0.2, -0.15) is 4.98 Å². The molecule has 0 unspecified atom stereocenters. The second-order valence-electron chi connectivity index (χ2n) is 2.70. The van der Waals surface area contributed by atoms with Gasteiger partial charge in [-0.3, -0.25) is 4.79 Å². The van der Waals surface area contributed by atoms with E-state index >= 15 is 0 Å². The normalized spacial score (nSPS) is 10.3. The number of hydrogen-bond acceptors (Lipinski definition) is 4. The molecule has 1 heterocycles. The zero-order valence-corrected chi connectivity index (χ0v) is 8.79. The lowest BCUT2D eigenvalue weighted by molar-refractivity contribution is 0.111. The Morgan fingerprint density at radius 3 is 2.73 bits per heavy atom. The van der Waals surface area contributed by atoms with E-state index in [-0.39, 0.29) is 11.7 Å². The number of carbonyl (C=O) groups is 1. The van der Waals surface area contributed by atoms with Crippen molar-refractivity contribution in [3.8, 4) is 11.5 Å². The van der Waals surface area contributed by atoms with Crippen molar-refractivity contribution in [2.24, 2.45) is 0 Å². The molecule has 76 valence electrons. The van der Waals surface area contributed by atoms with Crippen LogP contribution in [-0.4, -0.2) is 16.4 Å². The summed E-state index contributed by atoms with van der Waals surface area (Å²) in [4.78, 5) is 14.2. The summed E-state index contributed by atoms with van der Waals surface area (Å²) < 4.78 is 4.84. The molecule has 1 aromatic heterocycles. The van der Waals surface area contributed by atoms with Crippen LogP contribution in [0.1, 0.15) is 10.6 Å². The molecule has 0 saturated carbocycles. The van der Waals surface area contributed by atoms with Crippen LogP contribution in [0.2, 0.25) is 10.0 Å². The van der Waals surface area contributed by atoms with Gasteiger partial charge in [-0.05, 0) is 18.2 Å². The Morgan fingerprint density at radius 2 is 2.13 bits per heavy atom. The van der Waals surface area contributed by atoms with Crippen molar-refractivity contribution in [3.63, 3.8) is 0 Å². The first-order chi connectivity index (χ1) is 7.20. The molecule has 2 rings (SSSR count). The lowest BCUT2D eigenvalue weighted by Gasteiger charge is -1.97. The smallest absolute Gasteiger partial charge is 0.259 e. The van der Waals surface area contributed by atoms with Gasteiger partial charge in [0.25, 0.3) is 5.89 Å². The highest BCUT2D eigenvalue weighted by Gasteiger charge is 2.11. The van der Waals surface area contributed by atoms with E-state index in [2.05, 4.69) is 10.1 Å². The minimum atomic E-state index is -0.0176. The Kier molecular flexibility index (Phi) is 2.70. The molecular formula is C9H4Cl2N2O2. The van der Waals surface area contributed by atoms with E-state index in [9.17, 15) is 4.79 Å². The van der Waals surface area contributed by atoms with E-state index in [1.165, 1.54) is 0 Å². The maximum Gasteiger partial charge on any atom is 0.259 e. The molecule has 2 aromatic rings. The maximum atomic E-state index is 10.4. The predicted molar refractivity (Wildman–Crippen MR) is 55.1 cm³/mol. The third kappa shape index (κ3) is 2.00. The Morgan fingerprint density at radius 1 is 1.33 bits per heavy atom. The van der Waals surface area contributed by atoms with Gasteiger partial charge in [0.05, 0.1) is 10.6 Å². The highest BCUT2D eigenvalue weighted by atomic mass is 35.5. The molecule has 0 amide bonds. The van der Waals surface area contributed by atoms with Gasteiger partial charge >= 0.3 is 0 Å². The minimum Gasteiger partial charge on any atom is -0.333 e.